The fourth-order valence-electron chi connectivity index (χ4n) is 0.718. The molecule has 0 saturated carbocycles. The lowest BCUT2D eigenvalue weighted by atomic mass is 9.86. The topological polar surface area (TPSA) is 77.8 Å². The van der Waals surface area contributed by atoms with Gasteiger partial charge in [-0.25, -0.2) is 0 Å². The molecule has 0 aromatic heterocycles. The highest BCUT2D eigenvalue weighted by molar-refractivity contribution is 5.88. The zero-order valence-corrected chi connectivity index (χ0v) is 7.61. The average molecular weight is 176 g/mol. The SMILES string of the molecule is CC(C)(C)C(=O)[C@H](O)[C@@H](O)CO. The molecule has 0 aliphatic rings. The van der Waals surface area contributed by atoms with E-state index in [1.54, 1.807) is 20.8 Å². The van der Waals surface area contributed by atoms with E-state index < -0.39 is 30.0 Å². The summed E-state index contributed by atoms with van der Waals surface area (Å²) in [6.45, 7) is 4.32. The van der Waals surface area contributed by atoms with E-state index in [0.717, 1.165) is 0 Å². The summed E-state index contributed by atoms with van der Waals surface area (Å²) in [4.78, 5) is 11.2. The summed E-state index contributed by atoms with van der Waals surface area (Å²) in [6.07, 6.45) is -2.87. The van der Waals surface area contributed by atoms with Gasteiger partial charge in [0.2, 0.25) is 0 Å². The highest BCUT2D eigenvalue weighted by Crippen LogP contribution is 2.17. The quantitative estimate of drug-likeness (QED) is 0.532. The van der Waals surface area contributed by atoms with Gasteiger partial charge in [-0.05, 0) is 0 Å². The molecule has 0 amide bonds. The van der Waals surface area contributed by atoms with Crippen molar-refractivity contribution in [3.05, 3.63) is 0 Å². The molecule has 0 aliphatic heterocycles. The van der Waals surface area contributed by atoms with Gasteiger partial charge >= 0.3 is 0 Å². The van der Waals surface area contributed by atoms with Crippen molar-refractivity contribution < 1.29 is 20.1 Å². The number of rotatable bonds is 3. The van der Waals surface area contributed by atoms with Crippen molar-refractivity contribution in [3.8, 4) is 0 Å². The first kappa shape index (κ1) is 11.6. The molecule has 0 radical (unpaired) electrons. The van der Waals surface area contributed by atoms with E-state index in [1.165, 1.54) is 0 Å². The molecule has 0 unspecified atom stereocenters. The number of carbonyl (C=O) groups is 1. The van der Waals surface area contributed by atoms with Crippen LogP contribution in [-0.2, 0) is 4.79 Å². The molecule has 12 heavy (non-hydrogen) atoms. The van der Waals surface area contributed by atoms with Gasteiger partial charge < -0.3 is 15.3 Å². The monoisotopic (exact) mass is 176 g/mol. The zero-order chi connectivity index (χ0) is 9.94. The van der Waals surface area contributed by atoms with Crippen LogP contribution < -0.4 is 0 Å². The Balaban J connectivity index is 4.30. The van der Waals surface area contributed by atoms with Gasteiger partial charge in [0.15, 0.2) is 5.78 Å². The van der Waals surface area contributed by atoms with Crippen LogP contribution in [0.5, 0.6) is 0 Å². The van der Waals surface area contributed by atoms with Gasteiger partial charge in [0.25, 0.3) is 0 Å². The van der Waals surface area contributed by atoms with Crippen molar-refractivity contribution in [2.24, 2.45) is 5.41 Å². The second-order valence-electron chi connectivity index (χ2n) is 3.81. The van der Waals surface area contributed by atoms with Crippen LogP contribution in [0.25, 0.3) is 0 Å². The first-order valence-corrected chi connectivity index (χ1v) is 3.82. The van der Waals surface area contributed by atoms with Gasteiger partial charge in [-0.3, -0.25) is 4.79 Å². The third kappa shape index (κ3) is 2.89. The van der Waals surface area contributed by atoms with Crippen molar-refractivity contribution >= 4 is 5.78 Å². The molecule has 0 spiro atoms. The van der Waals surface area contributed by atoms with Crippen molar-refractivity contribution in [3.63, 3.8) is 0 Å². The molecule has 3 N–H and O–H groups in total. The predicted octanol–water partition coefficient (Wildman–Crippen LogP) is -0.684. The average Bonchev–Trinajstić information content (AvgIpc) is 1.98. The highest BCUT2D eigenvalue weighted by atomic mass is 16.4. The number of hydrogen-bond donors (Lipinski definition) is 3. The maximum absolute atomic E-state index is 11.2. The van der Waals surface area contributed by atoms with E-state index in [1.807, 2.05) is 0 Å². The fourth-order valence-corrected chi connectivity index (χ4v) is 0.718. The predicted molar refractivity (Wildman–Crippen MR) is 43.6 cm³/mol. The number of hydrogen-bond acceptors (Lipinski definition) is 4. The summed E-state index contributed by atoms with van der Waals surface area (Å²) >= 11 is 0. The zero-order valence-electron chi connectivity index (χ0n) is 7.61. The maximum atomic E-state index is 11.2. The summed E-state index contributed by atoms with van der Waals surface area (Å²) in [5.74, 6) is -0.468. The minimum atomic E-state index is -1.49. The molecular weight excluding hydrogens is 160 g/mol. The van der Waals surface area contributed by atoms with E-state index in [2.05, 4.69) is 0 Å². The molecule has 0 aromatic carbocycles. The van der Waals surface area contributed by atoms with Gasteiger partial charge in [0, 0.05) is 5.41 Å². The third-order valence-electron chi connectivity index (χ3n) is 1.56. The Kier molecular flexibility index (Phi) is 3.83. The van der Waals surface area contributed by atoms with Crippen molar-refractivity contribution in [2.45, 2.75) is 33.0 Å². The molecule has 72 valence electrons. The van der Waals surface area contributed by atoms with Crippen molar-refractivity contribution in [1.82, 2.24) is 0 Å². The number of carbonyl (C=O) groups excluding carboxylic acids is 1. The van der Waals surface area contributed by atoms with Gasteiger partial charge in [-0.15, -0.1) is 0 Å². The van der Waals surface area contributed by atoms with E-state index in [9.17, 15) is 4.79 Å². The van der Waals surface area contributed by atoms with Gasteiger partial charge in [0.05, 0.1) is 6.61 Å². The van der Waals surface area contributed by atoms with Gasteiger partial charge in [-0.2, -0.15) is 0 Å². The Morgan fingerprint density at radius 2 is 1.75 bits per heavy atom. The lowest BCUT2D eigenvalue weighted by Crippen LogP contribution is -2.42. The molecule has 0 rings (SSSR count). The van der Waals surface area contributed by atoms with Crippen LogP contribution in [0, 0.1) is 5.41 Å². The molecule has 0 aliphatic carbocycles. The summed E-state index contributed by atoms with van der Waals surface area (Å²) in [6, 6.07) is 0. The molecule has 4 heteroatoms. The first-order chi connectivity index (χ1) is 5.30. The van der Waals surface area contributed by atoms with Crippen LogP contribution in [0.1, 0.15) is 20.8 Å². The summed E-state index contributed by atoms with van der Waals surface area (Å²) in [7, 11) is 0. The summed E-state index contributed by atoms with van der Waals surface area (Å²) in [5, 5.41) is 26.6. The second-order valence-corrected chi connectivity index (χ2v) is 3.81. The van der Waals surface area contributed by atoms with E-state index in [4.69, 9.17) is 15.3 Å². The van der Waals surface area contributed by atoms with E-state index in [-0.39, 0.29) is 0 Å². The van der Waals surface area contributed by atoms with Crippen LogP contribution in [0.15, 0.2) is 0 Å². The molecule has 4 nitrogen and oxygen atoms in total. The highest BCUT2D eigenvalue weighted by Gasteiger charge is 2.32. The third-order valence-corrected chi connectivity index (χ3v) is 1.56. The molecule has 0 fully saturated rings. The first-order valence-electron chi connectivity index (χ1n) is 3.82. The molecule has 0 aromatic rings. The Morgan fingerprint density at radius 3 is 2.00 bits per heavy atom. The van der Waals surface area contributed by atoms with Gasteiger partial charge in [-0.1, -0.05) is 20.8 Å². The van der Waals surface area contributed by atoms with Crippen LogP contribution >= 0.6 is 0 Å². The number of aliphatic hydroxyl groups excluding tert-OH is 3. The van der Waals surface area contributed by atoms with E-state index >= 15 is 0 Å². The standard InChI is InChI=1S/C8H16O4/c1-8(2,3)7(12)6(11)5(10)4-9/h5-6,9-11H,4H2,1-3H3/t5-,6+/m0/s1. The van der Waals surface area contributed by atoms with Crippen molar-refractivity contribution in [1.29, 1.82) is 0 Å². The van der Waals surface area contributed by atoms with Gasteiger partial charge in [0.1, 0.15) is 12.2 Å². The molecule has 0 bridgehead atoms. The van der Waals surface area contributed by atoms with Crippen molar-refractivity contribution in [2.75, 3.05) is 6.61 Å². The van der Waals surface area contributed by atoms with E-state index in [0.29, 0.717) is 0 Å². The Hall–Kier alpha value is -0.450. The fraction of sp³-hybridized carbons (Fsp3) is 0.875. The maximum Gasteiger partial charge on any atom is 0.169 e. The number of aliphatic hydroxyl groups is 3. The minimum absolute atomic E-state index is 0.468. The van der Waals surface area contributed by atoms with Crippen LogP contribution in [0.3, 0.4) is 0 Å². The molecular formula is C8H16O4. The van der Waals surface area contributed by atoms with Crippen LogP contribution in [-0.4, -0.2) is 39.9 Å². The molecule has 2 atom stereocenters. The largest absolute Gasteiger partial charge is 0.394 e. The lowest BCUT2D eigenvalue weighted by molar-refractivity contribution is -0.142. The number of ketones is 1. The summed E-state index contributed by atoms with van der Waals surface area (Å²) < 4.78 is 0. The van der Waals surface area contributed by atoms with Crippen LogP contribution in [0.2, 0.25) is 0 Å². The lowest BCUT2D eigenvalue weighted by Gasteiger charge is -2.23. The normalized spacial score (nSPS) is 17.2. The van der Waals surface area contributed by atoms with Crippen LogP contribution in [0.4, 0.5) is 0 Å². The Morgan fingerprint density at radius 1 is 1.33 bits per heavy atom. The smallest absolute Gasteiger partial charge is 0.169 e. The second kappa shape index (κ2) is 3.98. The Bertz CT molecular complexity index is 159. The number of Topliss-reactive ketones (excluding diaryl/α,β-unsaturated/α-hetero) is 1. The Labute approximate surface area is 71.8 Å². The minimum Gasteiger partial charge on any atom is -0.394 e. The molecule has 0 heterocycles. The summed E-state index contributed by atoms with van der Waals surface area (Å²) in [5.41, 5.74) is -0.699. The molecule has 0 saturated heterocycles.